The number of para-hydroxylation sites is 1. The fourth-order valence-electron chi connectivity index (χ4n) is 5.93. The Kier molecular flexibility index (Phi) is 5.29. The summed E-state index contributed by atoms with van der Waals surface area (Å²) in [4.78, 5) is 5.26. The molecule has 2 saturated heterocycles. The standard InChI is InChI=1S/C23H36N2O/c1-18(2)19-8-10-20(11-9-19)24-16-13-23(14-17-24)22(26)12-15-25(23)21-6-4-3-5-7-21/h3-7,18-20,22,26H,8-17H2,1-2H3/t19?,20?,22-/m1/s1. The van der Waals surface area contributed by atoms with Gasteiger partial charge >= 0.3 is 0 Å². The van der Waals surface area contributed by atoms with Gasteiger partial charge in [-0.05, 0) is 68.9 Å². The Morgan fingerprint density at radius 1 is 0.923 bits per heavy atom. The minimum atomic E-state index is -0.179. The number of rotatable bonds is 3. The number of piperidine rings is 1. The average Bonchev–Trinajstić information content (AvgIpc) is 2.99. The molecule has 1 aliphatic carbocycles. The molecule has 0 bridgehead atoms. The van der Waals surface area contributed by atoms with Gasteiger partial charge in [0.05, 0.1) is 11.6 Å². The van der Waals surface area contributed by atoms with Crippen molar-refractivity contribution < 1.29 is 5.11 Å². The van der Waals surface area contributed by atoms with E-state index in [9.17, 15) is 5.11 Å². The van der Waals surface area contributed by atoms with E-state index in [-0.39, 0.29) is 11.6 Å². The number of anilines is 1. The van der Waals surface area contributed by atoms with Gasteiger partial charge in [0.25, 0.3) is 0 Å². The van der Waals surface area contributed by atoms with Gasteiger partial charge in [-0.2, -0.15) is 0 Å². The summed E-state index contributed by atoms with van der Waals surface area (Å²) in [6.45, 7) is 8.06. The van der Waals surface area contributed by atoms with Crippen LogP contribution in [0, 0.1) is 11.8 Å². The first-order valence-corrected chi connectivity index (χ1v) is 10.8. The van der Waals surface area contributed by atoms with Gasteiger partial charge < -0.3 is 14.9 Å². The molecule has 3 aliphatic rings. The van der Waals surface area contributed by atoms with Crippen molar-refractivity contribution >= 4 is 5.69 Å². The van der Waals surface area contributed by atoms with E-state index in [0.717, 1.165) is 56.8 Å². The van der Waals surface area contributed by atoms with Crippen LogP contribution in [0.3, 0.4) is 0 Å². The SMILES string of the molecule is CC(C)C1CCC(N2CCC3(CC2)[C@H](O)CCN3c2ccccc2)CC1. The Morgan fingerprint density at radius 3 is 2.19 bits per heavy atom. The van der Waals surface area contributed by atoms with Crippen molar-refractivity contribution in [1.82, 2.24) is 4.90 Å². The molecule has 1 atom stereocenters. The second kappa shape index (κ2) is 7.52. The first-order chi connectivity index (χ1) is 12.6. The van der Waals surface area contributed by atoms with Crippen LogP contribution >= 0.6 is 0 Å². The van der Waals surface area contributed by atoms with Gasteiger partial charge in [-0.15, -0.1) is 0 Å². The maximum atomic E-state index is 10.9. The van der Waals surface area contributed by atoms with Crippen LogP contribution in [0.15, 0.2) is 30.3 Å². The molecule has 1 aromatic rings. The molecule has 144 valence electrons. The third-order valence-electron chi connectivity index (χ3n) is 7.72. The van der Waals surface area contributed by atoms with Crippen LogP contribution in [0.25, 0.3) is 0 Å². The zero-order valence-corrected chi connectivity index (χ0v) is 16.6. The van der Waals surface area contributed by atoms with E-state index in [1.807, 2.05) is 0 Å². The van der Waals surface area contributed by atoms with Gasteiger partial charge in [-0.3, -0.25) is 0 Å². The topological polar surface area (TPSA) is 26.7 Å². The van der Waals surface area contributed by atoms with Crippen LogP contribution < -0.4 is 4.90 Å². The Labute approximate surface area is 159 Å². The number of hydrogen-bond donors (Lipinski definition) is 1. The molecule has 1 saturated carbocycles. The van der Waals surface area contributed by atoms with Gasteiger partial charge in [0.1, 0.15) is 0 Å². The molecule has 1 spiro atoms. The van der Waals surface area contributed by atoms with E-state index >= 15 is 0 Å². The number of nitrogens with zero attached hydrogens (tertiary/aromatic N) is 2. The predicted molar refractivity (Wildman–Crippen MR) is 109 cm³/mol. The van der Waals surface area contributed by atoms with Crippen molar-refractivity contribution in [3.63, 3.8) is 0 Å². The van der Waals surface area contributed by atoms with Gasteiger partial charge in [-0.25, -0.2) is 0 Å². The van der Waals surface area contributed by atoms with Gasteiger partial charge in [0.2, 0.25) is 0 Å². The van der Waals surface area contributed by atoms with E-state index < -0.39 is 0 Å². The van der Waals surface area contributed by atoms with Gasteiger partial charge in [0.15, 0.2) is 0 Å². The van der Waals surface area contributed by atoms with Crippen molar-refractivity contribution in [3.8, 4) is 0 Å². The summed E-state index contributed by atoms with van der Waals surface area (Å²) >= 11 is 0. The van der Waals surface area contributed by atoms with Crippen molar-refractivity contribution in [2.24, 2.45) is 11.8 Å². The van der Waals surface area contributed by atoms with Crippen LogP contribution in [-0.2, 0) is 0 Å². The van der Waals surface area contributed by atoms with E-state index in [2.05, 4.69) is 54.0 Å². The number of aliphatic hydroxyl groups excluding tert-OH is 1. The summed E-state index contributed by atoms with van der Waals surface area (Å²) in [5.41, 5.74) is 1.25. The average molecular weight is 357 g/mol. The molecule has 3 fully saturated rings. The molecule has 3 nitrogen and oxygen atoms in total. The fraction of sp³-hybridized carbons (Fsp3) is 0.739. The number of likely N-dealkylation sites (tertiary alicyclic amines) is 1. The molecule has 0 amide bonds. The highest BCUT2D eigenvalue weighted by Gasteiger charge is 2.50. The molecule has 1 aromatic carbocycles. The lowest BCUT2D eigenvalue weighted by Crippen LogP contribution is -2.59. The molecule has 1 N–H and O–H groups in total. The third kappa shape index (κ3) is 3.29. The van der Waals surface area contributed by atoms with Crippen LogP contribution in [0.2, 0.25) is 0 Å². The Bertz CT molecular complexity index is 571. The molecule has 2 heterocycles. The minimum Gasteiger partial charge on any atom is -0.391 e. The molecule has 4 rings (SSSR count). The van der Waals surface area contributed by atoms with Crippen molar-refractivity contribution in [1.29, 1.82) is 0 Å². The lowest BCUT2D eigenvalue weighted by atomic mass is 9.77. The largest absolute Gasteiger partial charge is 0.391 e. The smallest absolute Gasteiger partial charge is 0.0789 e. The zero-order valence-electron chi connectivity index (χ0n) is 16.6. The van der Waals surface area contributed by atoms with Crippen LogP contribution in [-0.4, -0.2) is 47.3 Å². The highest BCUT2D eigenvalue weighted by Crippen LogP contribution is 2.43. The molecule has 0 unspecified atom stereocenters. The van der Waals surface area contributed by atoms with Crippen molar-refractivity contribution in [2.75, 3.05) is 24.5 Å². The summed E-state index contributed by atoms with van der Waals surface area (Å²) < 4.78 is 0. The van der Waals surface area contributed by atoms with Crippen LogP contribution in [0.4, 0.5) is 5.69 Å². The number of benzene rings is 1. The lowest BCUT2D eigenvalue weighted by molar-refractivity contribution is 0.0290. The summed E-state index contributed by atoms with van der Waals surface area (Å²) in [5.74, 6) is 1.78. The molecule has 3 heteroatoms. The Hall–Kier alpha value is -1.06. The first-order valence-electron chi connectivity index (χ1n) is 10.8. The van der Waals surface area contributed by atoms with Crippen LogP contribution in [0.1, 0.15) is 58.8 Å². The Morgan fingerprint density at radius 2 is 1.58 bits per heavy atom. The molecule has 0 radical (unpaired) electrons. The van der Waals surface area contributed by atoms with E-state index in [0.29, 0.717) is 0 Å². The maximum Gasteiger partial charge on any atom is 0.0789 e. The lowest BCUT2D eigenvalue weighted by Gasteiger charge is -2.50. The van der Waals surface area contributed by atoms with Crippen molar-refractivity contribution in [3.05, 3.63) is 30.3 Å². The van der Waals surface area contributed by atoms with Gasteiger partial charge in [0, 0.05) is 31.4 Å². The summed E-state index contributed by atoms with van der Waals surface area (Å²) in [6, 6.07) is 11.5. The molecular weight excluding hydrogens is 320 g/mol. The fourth-order valence-corrected chi connectivity index (χ4v) is 5.93. The predicted octanol–water partition coefficient (Wildman–Crippen LogP) is 4.31. The molecule has 26 heavy (non-hydrogen) atoms. The third-order valence-corrected chi connectivity index (χ3v) is 7.72. The molecule has 0 aromatic heterocycles. The first kappa shape index (κ1) is 18.3. The monoisotopic (exact) mass is 356 g/mol. The minimum absolute atomic E-state index is 0.0347. The second-order valence-electron chi connectivity index (χ2n) is 9.24. The normalized spacial score (nSPS) is 32.5. The number of aliphatic hydroxyl groups is 1. The maximum absolute atomic E-state index is 10.9. The van der Waals surface area contributed by atoms with E-state index in [1.54, 1.807) is 0 Å². The van der Waals surface area contributed by atoms with Crippen molar-refractivity contribution in [2.45, 2.75) is 76.5 Å². The summed E-state index contributed by atoms with van der Waals surface area (Å²) in [6.07, 6.45) is 8.50. The summed E-state index contributed by atoms with van der Waals surface area (Å²) in [7, 11) is 0. The number of hydrogen-bond acceptors (Lipinski definition) is 3. The van der Waals surface area contributed by atoms with Gasteiger partial charge in [-0.1, -0.05) is 32.0 Å². The second-order valence-corrected chi connectivity index (χ2v) is 9.24. The highest BCUT2D eigenvalue weighted by molar-refractivity contribution is 5.51. The van der Waals surface area contributed by atoms with E-state index in [4.69, 9.17) is 0 Å². The quantitative estimate of drug-likeness (QED) is 0.874. The van der Waals surface area contributed by atoms with Crippen LogP contribution in [0.5, 0.6) is 0 Å². The Balaban J connectivity index is 1.40. The highest BCUT2D eigenvalue weighted by atomic mass is 16.3. The zero-order chi connectivity index (χ0) is 18.1. The molecular formula is C23H36N2O. The van der Waals surface area contributed by atoms with E-state index in [1.165, 1.54) is 31.4 Å². The molecule has 2 aliphatic heterocycles. The summed E-state index contributed by atoms with van der Waals surface area (Å²) in [5, 5.41) is 10.9.